The molecule has 3 heteroatoms. The molecule has 0 amide bonds. The third kappa shape index (κ3) is 2.09. The molecular weight excluding hydrogens is 237 g/mol. The minimum absolute atomic E-state index is 0.0943. The average molecular weight is 254 g/mol. The van der Waals surface area contributed by atoms with E-state index in [-0.39, 0.29) is 5.82 Å². The highest BCUT2D eigenvalue weighted by Crippen LogP contribution is 2.56. The second-order valence-corrected chi connectivity index (χ2v) is 5.96. The summed E-state index contributed by atoms with van der Waals surface area (Å²) in [5, 5.41) is 4.03. The van der Waals surface area contributed by atoms with Crippen molar-refractivity contribution in [1.82, 2.24) is 5.32 Å². The maximum Gasteiger partial charge on any atom is 0.126 e. The van der Waals surface area contributed by atoms with Crippen molar-refractivity contribution in [1.29, 1.82) is 0 Å². The summed E-state index contributed by atoms with van der Waals surface area (Å²) in [7, 11) is 0. The van der Waals surface area contributed by atoms with Crippen molar-refractivity contribution in [3.05, 3.63) is 34.6 Å². The van der Waals surface area contributed by atoms with Crippen LogP contribution in [0.5, 0.6) is 0 Å². The smallest absolute Gasteiger partial charge is 0.126 e. The Labute approximate surface area is 106 Å². The number of piperidine rings is 1. The van der Waals surface area contributed by atoms with E-state index in [1.165, 1.54) is 18.9 Å². The number of rotatable bonds is 1. The van der Waals surface area contributed by atoms with Crippen LogP contribution in [0.2, 0.25) is 5.02 Å². The number of hydrogen-bond acceptors (Lipinski definition) is 1. The van der Waals surface area contributed by atoms with Crippen molar-refractivity contribution < 1.29 is 4.39 Å². The van der Waals surface area contributed by atoms with Gasteiger partial charge in [0.25, 0.3) is 0 Å². The van der Waals surface area contributed by atoms with E-state index in [0.717, 1.165) is 31.5 Å². The summed E-state index contributed by atoms with van der Waals surface area (Å²) in [6.07, 6.45) is 4.75. The van der Waals surface area contributed by atoms with Crippen LogP contribution in [0.3, 0.4) is 0 Å². The van der Waals surface area contributed by atoms with Crippen molar-refractivity contribution in [2.24, 2.45) is 5.41 Å². The molecule has 1 heterocycles. The normalized spacial score (nSPS) is 23.6. The minimum Gasteiger partial charge on any atom is -0.317 e. The van der Waals surface area contributed by atoms with Gasteiger partial charge in [-0.15, -0.1) is 0 Å². The van der Waals surface area contributed by atoms with Gasteiger partial charge in [0, 0.05) is 5.02 Å². The molecule has 2 fully saturated rings. The van der Waals surface area contributed by atoms with Crippen molar-refractivity contribution in [2.45, 2.75) is 31.6 Å². The van der Waals surface area contributed by atoms with Gasteiger partial charge < -0.3 is 5.32 Å². The summed E-state index contributed by atoms with van der Waals surface area (Å²) in [6, 6.07) is 4.92. The Morgan fingerprint density at radius 3 is 2.65 bits per heavy atom. The predicted molar refractivity (Wildman–Crippen MR) is 67.9 cm³/mol. The molecule has 0 aromatic heterocycles. The lowest BCUT2D eigenvalue weighted by molar-refractivity contribution is 0.0589. The molecular formula is C14H17ClFN. The van der Waals surface area contributed by atoms with Gasteiger partial charge in [-0.05, 0) is 73.9 Å². The van der Waals surface area contributed by atoms with Crippen molar-refractivity contribution in [3.63, 3.8) is 0 Å². The molecule has 1 nitrogen and oxygen atoms in total. The Kier molecular flexibility index (Phi) is 2.87. The van der Waals surface area contributed by atoms with Gasteiger partial charge >= 0.3 is 0 Å². The lowest BCUT2D eigenvalue weighted by atomic mass is 9.56. The number of halogens is 2. The summed E-state index contributed by atoms with van der Waals surface area (Å²) in [5.74, 6) is 0.287. The van der Waals surface area contributed by atoms with Gasteiger partial charge in [-0.3, -0.25) is 0 Å². The molecule has 1 aromatic rings. The lowest BCUT2D eigenvalue weighted by Gasteiger charge is -2.50. The minimum atomic E-state index is -0.0943. The quantitative estimate of drug-likeness (QED) is 0.804. The van der Waals surface area contributed by atoms with Crippen LogP contribution in [0.4, 0.5) is 4.39 Å². The molecule has 0 radical (unpaired) electrons. The van der Waals surface area contributed by atoms with E-state index in [9.17, 15) is 4.39 Å². The molecule has 1 aromatic carbocycles. The van der Waals surface area contributed by atoms with Crippen molar-refractivity contribution in [3.8, 4) is 0 Å². The summed E-state index contributed by atoms with van der Waals surface area (Å²) < 4.78 is 13.7. The number of hydrogen-bond donors (Lipinski definition) is 1. The fourth-order valence-corrected chi connectivity index (χ4v) is 3.58. The van der Waals surface area contributed by atoms with E-state index in [0.29, 0.717) is 16.4 Å². The molecule has 1 aliphatic carbocycles. The average Bonchev–Trinajstić information content (AvgIpc) is 2.30. The van der Waals surface area contributed by atoms with Gasteiger partial charge in [-0.2, -0.15) is 0 Å². The van der Waals surface area contributed by atoms with Gasteiger partial charge in [-0.25, -0.2) is 4.39 Å². The zero-order valence-electron chi connectivity index (χ0n) is 9.81. The summed E-state index contributed by atoms with van der Waals surface area (Å²) in [4.78, 5) is 0. The fourth-order valence-electron chi connectivity index (χ4n) is 3.40. The zero-order valence-corrected chi connectivity index (χ0v) is 10.6. The van der Waals surface area contributed by atoms with Crippen LogP contribution in [0.25, 0.3) is 0 Å². The van der Waals surface area contributed by atoms with Crippen LogP contribution in [-0.4, -0.2) is 13.1 Å². The molecule has 0 unspecified atom stereocenters. The van der Waals surface area contributed by atoms with E-state index in [4.69, 9.17) is 11.6 Å². The Balaban J connectivity index is 1.74. The maximum absolute atomic E-state index is 13.7. The fraction of sp³-hybridized carbons (Fsp3) is 0.571. The molecule has 2 aliphatic rings. The highest BCUT2D eigenvalue weighted by molar-refractivity contribution is 6.30. The molecule has 0 atom stereocenters. The van der Waals surface area contributed by atoms with Crippen molar-refractivity contribution in [2.75, 3.05) is 13.1 Å². The van der Waals surface area contributed by atoms with Gasteiger partial charge in [-0.1, -0.05) is 11.6 Å². The molecule has 1 saturated carbocycles. The monoisotopic (exact) mass is 253 g/mol. The van der Waals surface area contributed by atoms with Crippen molar-refractivity contribution >= 4 is 11.6 Å². The van der Waals surface area contributed by atoms with Gasteiger partial charge in [0.05, 0.1) is 0 Å². The van der Waals surface area contributed by atoms with Gasteiger partial charge in [0.15, 0.2) is 0 Å². The highest BCUT2D eigenvalue weighted by Gasteiger charge is 2.45. The first-order valence-corrected chi connectivity index (χ1v) is 6.72. The Morgan fingerprint density at radius 2 is 1.94 bits per heavy atom. The van der Waals surface area contributed by atoms with E-state index in [2.05, 4.69) is 5.32 Å². The van der Waals surface area contributed by atoms with E-state index in [1.807, 2.05) is 0 Å². The maximum atomic E-state index is 13.7. The third-order valence-corrected chi connectivity index (χ3v) is 4.66. The molecule has 17 heavy (non-hydrogen) atoms. The SMILES string of the molecule is Fc1ccc(Cl)cc1C1CC2(CCNCC2)C1. The molecule has 92 valence electrons. The van der Waals surface area contributed by atoms with Gasteiger partial charge in [0.2, 0.25) is 0 Å². The first-order valence-electron chi connectivity index (χ1n) is 6.34. The molecule has 0 bridgehead atoms. The van der Waals surface area contributed by atoms with Crippen LogP contribution >= 0.6 is 11.6 Å². The third-order valence-electron chi connectivity index (χ3n) is 4.42. The first kappa shape index (κ1) is 11.5. The molecule has 1 N–H and O–H groups in total. The predicted octanol–water partition coefficient (Wildman–Crippen LogP) is 3.73. The molecule has 3 rings (SSSR count). The molecule has 1 saturated heterocycles. The summed E-state index contributed by atoms with van der Waals surface area (Å²) in [5.41, 5.74) is 1.31. The standard InChI is InChI=1S/C14H17ClFN/c15-11-1-2-13(16)12(7-11)10-8-14(9-10)3-5-17-6-4-14/h1-2,7,10,17H,3-6,8-9H2. The number of nitrogens with one attached hydrogen (secondary N) is 1. The van der Waals surface area contributed by atoms with E-state index in [1.54, 1.807) is 12.1 Å². The van der Waals surface area contributed by atoms with Crippen LogP contribution in [0.15, 0.2) is 18.2 Å². The lowest BCUT2D eigenvalue weighted by Crippen LogP contribution is -2.44. The van der Waals surface area contributed by atoms with Crippen LogP contribution in [0, 0.1) is 11.2 Å². The van der Waals surface area contributed by atoms with Gasteiger partial charge in [0.1, 0.15) is 5.82 Å². The van der Waals surface area contributed by atoms with Crippen LogP contribution in [-0.2, 0) is 0 Å². The largest absolute Gasteiger partial charge is 0.317 e. The second kappa shape index (κ2) is 4.25. The summed E-state index contributed by atoms with van der Waals surface area (Å²) in [6.45, 7) is 2.23. The van der Waals surface area contributed by atoms with Crippen LogP contribution < -0.4 is 5.32 Å². The Hall–Kier alpha value is -0.600. The van der Waals surface area contributed by atoms with E-state index < -0.39 is 0 Å². The Morgan fingerprint density at radius 1 is 1.24 bits per heavy atom. The second-order valence-electron chi connectivity index (χ2n) is 5.52. The topological polar surface area (TPSA) is 12.0 Å². The highest BCUT2D eigenvalue weighted by atomic mass is 35.5. The summed E-state index contributed by atoms with van der Waals surface area (Å²) >= 11 is 5.94. The molecule has 1 spiro atoms. The zero-order chi connectivity index (χ0) is 11.9. The first-order chi connectivity index (χ1) is 8.19. The van der Waals surface area contributed by atoms with Crippen LogP contribution in [0.1, 0.15) is 37.2 Å². The Bertz CT molecular complexity index is 418. The molecule has 1 aliphatic heterocycles. The van der Waals surface area contributed by atoms with E-state index >= 15 is 0 Å². The number of benzene rings is 1.